The molecule has 0 saturated carbocycles. The summed E-state index contributed by atoms with van der Waals surface area (Å²) in [6.07, 6.45) is -2.65. The Labute approximate surface area is 144 Å². The summed E-state index contributed by atoms with van der Waals surface area (Å²) >= 11 is 0. The first-order valence-electron chi connectivity index (χ1n) is 6.58. The lowest BCUT2D eigenvalue weighted by atomic mass is 10.3. The van der Waals surface area contributed by atoms with Crippen LogP contribution in [0.1, 0.15) is 18.9 Å². The molecule has 2 N–H and O–H groups in total. The van der Waals surface area contributed by atoms with Gasteiger partial charge in [0.05, 0.1) is 12.1 Å². The number of nitrogens with zero attached hydrogens (tertiary/aromatic N) is 2. The van der Waals surface area contributed by atoms with E-state index in [-0.39, 0.29) is 36.5 Å². The molecule has 5 nitrogen and oxygen atoms in total. The first-order chi connectivity index (χ1) is 9.97. The monoisotopic (exact) mass is 432 g/mol. The van der Waals surface area contributed by atoms with Crippen LogP contribution in [-0.2, 0) is 6.18 Å². The molecule has 1 rings (SSSR count). The van der Waals surface area contributed by atoms with Gasteiger partial charge in [0.25, 0.3) is 0 Å². The summed E-state index contributed by atoms with van der Waals surface area (Å²) in [5.74, 6) is 0.808. The minimum absolute atomic E-state index is 0. The maximum absolute atomic E-state index is 12.3. The van der Waals surface area contributed by atoms with Crippen molar-refractivity contribution in [2.75, 3.05) is 26.7 Å². The van der Waals surface area contributed by atoms with Gasteiger partial charge >= 0.3 is 6.18 Å². The molecule has 1 aromatic rings. The normalized spacial score (nSPS) is 11.6. The molecule has 9 heteroatoms. The van der Waals surface area contributed by atoms with E-state index in [1.807, 2.05) is 6.92 Å². The minimum Gasteiger partial charge on any atom is -0.476 e. The van der Waals surface area contributed by atoms with Crippen molar-refractivity contribution in [2.24, 2.45) is 4.99 Å². The highest BCUT2D eigenvalue weighted by molar-refractivity contribution is 14.0. The molecule has 0 aliphatic carbocycles. The van der Waals surface area contributed by atoms with Gasteiger partial charge in [0.15, 0.2) is 5.96 Å². The molecule has 126 valence electrons. The lowest BCUT2D eigenvalue weighted by Gasteiger charge is -2.12. The van der Waals surface area contributed by atoms with Crippen molar-refractivity contribution in [3.8, 4) is 5.88 Å². The van der Waals surface area contributed by atoms with Crippen molar-refractivity contribution < 1.29 is 17.9 Å². The molecule has 0 unspecified atom stereocenters. The summed E-state index contributed by atoms with van der Waals surface area (Å²) in [5, 5.41) is 6.10. The molecule has 0 spiro atoms. The molecule has 1 aromatic heterocycles. The second-order valence-corrected chi connectivity index (χ2v) is 4.16. The number of aromatic nitrogens is 1. The van der Waals surface area contributed by atoms with Crippen LogP contribution in [0, 0.1) is 0 Å². The molecular formula is C13H20F3IN4O. The first kappa shape index (κ1) is 20.7. The second-order valence-electron chi connectivity index (χ2n) is 4.16. The average molecular weight is 432 g/mol. The molecular weight excluding hydrogens is 412 g/mol. The van der Waals surface area contributed by atoms with Gasteiger partial charge in [-0.3, -0.25) is 4.99 Å². The van der Waals surface area contributed by atoms with Gasteiger partial charge in [-0.25, -0.2) is 4.98 Å². The van der Waals surface area contributed by atoms with E-state index in [2.05, 4.69) is 20.6 Å². The number of hydrogen-bond donors (Lipinski definition) is 2. The van der Waals surface area contributed by atoms with Gasteiger partial charge in [0.2, 0.25) is 5.88 Å². The first-order valence-corrected chi connectivity index (χ1v) is 6.58. The van der Waals surface area contributed by atoms with E-state index in [9.17, 15) is 13.2 Å². The third-order valence-electron chi connectivity index (χ3n) is 2.47. The fourth-order valence-corrected chi connectivity index (χ4v) is 1.42. The Hall–Kier alpha value is -1.26. The third kappa shape index (κ3) is 7.66. The number of pyridine rings is 1. The molecule has 0 bridgehead atoms. The van der Waals surface area contributed by atoms with Gasteiger partial charge in [-0.05, 0) is 12.5 Å². The molecule has 22 heavy (non-hydrogen) atoms. The molecule has 0 aliphatic heterocycles. The van der Waals surface area contributed by atoms with Gasteiger partial charge in [-0.1, -0.05) is 6.92 Å². The van der Waals surface area contributed by atoms with Crippen molar-refractivity contribution in [1.82, 2.24) is 15.6 Å². The molecule has 0 saturated heterocycles. The Morgan fingerprint density at radius 3 is 2.45 bits per heavy atom. The maximum Gasteiger partial charge on any atom is 0.417 e. The third-order valence-corrected chi connectivity index (χ3v) is 2.47. The van der Waals surface area contributed by atoms with Crippen LogP contribution in [0.15, 0.2) is 23.3 Å². The van der Waals surface area contributed by atoms with Crippen LogP contribution in [0.3, 0.4) is 0 Å². The lowest BCUT2D eigenvalue weighted by molar-refractivity contribution is -0.137. The van der Waals surface area contributed by atoms with Gasteiger partial charge in [-0.15, -0.1) is 24.0 Å². The van der Waals surface area contributed by atoms with E-state index in [4.69, 9.17) is 4.74 Å². The highest BCUT2D eigenvalue weighted by Gasteiger charge is 2.30. The van der Waals surface area contributed by atoms with E-state index in [1.54, 1.807) is 7.05 Å². The standard InChI is InChI=1S/C13H19F3N4O.HI/c1-3-6-18-12(17-2)19-7-8-21-11-5-4-10(9-20-11)13(14,15)16;/h4-5,9H,3,6-8H2,1-2H3,(H2,17,18,19);1H. The number of rotatable bonds is 6. The summed E-state index contributed by atoms with van der Waals surface area (Å²) in [6, 6.07) is 2.14. The number of guanidine groups is 1. The Morgan fingerprint density at radius 2 is 1.95 bits per heavy atom. The Balaban J connectivity index is 0.00000441. The number of ether oxygens (including phenoxy) is 1. The number of nitrogens with one attached hydrogen (secondary N) is 2. The summed E-state index contributed by atoms with van der Waals surface area (Å²) < 4.78 is 42.3. The summed E-state index contributed by atoms with van der Waals surface area (Å²) in [5.41, 5.74) is -0.794. The molecule has 0 radical (unpaired) electrons. The fraction of sp³-hybridized carbons (Fsp3) is 0.538. The highest BCUT2D eigenvalue weighted by atomic mass is 127. The maximum atomic E-state index is 12.3. The number of alkyl halides is 3. The van der Waals surface area contributed by atoms with Crippen LogP contribution in [0.25, 0.3) is 0 Å². The summed E-state index contributed by atoms with van der Waals surface area (Å²) in [7, 11) is 1.66. The topological polar surface area (TPSA) is 58.5 Å². The van der Waals surface area contributed by atoms with Crippen LogP contribution in [-0.4, -0.2) is 37.7 Å². The van der Waals surface area contributed by atoms with Crippen LogP contribution in [0.5, 0.6) is 5.88 Å². The Bertz CT molecular complexity index is 452. The molecule has 0 amide bonds. The fourth-order valence-electron chi connectivity index (χ4n) is 1.42. The van der Waals surface area contributed by atoms with Gasteiger partial charge in [-0.2, -0.15) is 13.2 Å². The van der Waals surface area contributed by atoms with Crippen molar-refractivity contribution in [2.45, 2.75) is 19.5 Å². The molecule has 0 aliphatic rings. The van der Waals surface area contributed by atoms with Crippen molar-refractivity contribution in [3.63, 3.8) is 0 Å². The van der Waals surface area contributed by atoms with Gasteiger partial charge in [0.1, 0.15) is 6.61 Å². The van der Waals surface area contributed by atoms with Crippen LogP contribution < -0.4 is 15.4 Å². The SMILES string of the molecule is CCCNC(=NC)NCCOc1ccc(C(F)(F)F)cn1.I. The highest BCUT2D eigenvalue weighted by Crippen LogP contribution is 2.29. The van der Waals surface area contributed by atoms with E-state index in [0.29, 0.717) is 12.5 Å². The van der Waals surface area contributed by atoms with Gasteiger partial charge in [0, 0.05) is 25.9 Å². The lowest BCUT2D eigenvalue weighted by Crippen LogP contribution is -2.39. The van der Waals surface area contributed by atoms with Crippen molar-refractivity contribution >= 4 is 29.9 Å². The van der Waals surface area contributed by atoms with E-state index < -0.39 is 11.7 Å². The van der Waals surface area contributed by atoms with Crippen molar-refractivity contribution in [1.29, 1.82) is 0 Å². The predicted octanol–water partition coefficient (Wildman–Crippen LogP) is 2.67. The Morgan fingerprint density at radius 1 is 1.27 bits per heavy atom. The zero-order valence-electron chi connectivity index (χ0n) is 12.4. The number of aliphatic imine (C=N–C) groups is 1. The largest absolute Gasteiger partial charge is 0.476 e. The zero-order valence-corrected chi connectivity index (χ0v) is 14.7. The molecule has 0 fully saturated rings. The summed E-state index contributed by atoms with van der Waals surface area (Å²) in [6.45, 7) is 3.58. The van der Waals surface area contributed by atoms with Crippen molar-refractivity contribution in [3.05, 3.63) is 23.9 Å². The molecule has 0 atom stereocenters. The zero-order chi connectivity index (χ0) is 15.7. The molecule has 0 aromatic carbocycles. The van der Waals surface area contributed by atoms with E-state index in [0.717, 1.165) is 25.2 Å². The number of halogens is 4. The minimum atomic E-state index is -4.38. The Kier molecular flexibility index (Phi) is 9.86. The van der Waals surface area contributed by atoms with E-state index in [1.165, 1.54) is 6.07 Å². The smallest absolute Gasteiger partial charge is 0.417 e. The van der Waals surface area contributed by atoms with E-state index >= 15 is 0 Å². The van der Waals surface area contributed by atoms with Crippen LogP contribution in [0.4, 0.5) is 13.2 Å². The second kappa shape index (κ2) is 10.5. The average Bonchev–Trinajstić information content (AvgIpc) is 2.46. The van der Waals surface area contributed by atoms with Gasteiger partial charge < -0.3 is 15.4 Å². The predicted molar refractivity (Wildman–Crippen MR) is 89.8 cm³/mol. The number of hydrogen-bond acceptors (Lipinski definition) is 3. The quantitative estimate of drug-likeness (QED) is 0.314. The van der Waals surface area contributed by atoms with Crippen LogP contribution in [0.2, 0.25) is 0 Å². The summed E-state index contributed by atoms with van der Waals surface area (Å²) in [4.78, 5) is 7.62. The molecule has 1 heterocycles. The van der Waals surface area contributed by atoms with Crippen LogP contribution >= 0.6 is 24.0 Å².